The van der Waals surface area contributed by atoms with Gasteiger partial charge in [-0.05, 0) is 77.6 Å². The zero-order valence-corrected chi connectivity index (χ0v) is 22.0. The maximum absolute atomic E-state index is 12.7. The Kier molecular flexibility index (Phi) is 6.34. The van der Waals surface area contributed by atoms with Gasteiger partial charge in [-0.3, -0.25) is 0 Å². The predicted molar refractivity (Wildman–Crippen MR) is 132 cm³/mol. The van der Waals surface area contributed by atoms with Crippen molar-refractivity contribution >= 4 is 15.9 Å². The molecule has 1 saturated carbocycles. The molecule has 1 aromatic heterocycles. The molecule has 0 radical (unpaired) electrons. The molecule has 36 heavy (non-hydrogen) atoms. The Morgan fingerprint density at radius 1 is 0.972 bits per heavy atom. The number of ether oxygens (including phenoxy) is 3. The van der Waals surface area contributed by atoms with E-state index < -0.39 is 15.4 Å². The molecule has 2 aliphatic heterocycles. The van der Waals surface area contributed by atoms with Gasteiger partial charge in [0.2, 0.25) is 11.8 Å². The van der Waals surface area contributed by atoms with Crippen LogP contribution in [0.1, 0.15) is 64.9 Å². The molecule has 1 amide bonds. The molecule has 3 heterocycles. The van der Waals surface area contributed by atoms with E-state index in [0.717, 1.165) is 25.7 Å². The normalized spacial score (nSPS) is 23.9. The van der Waals surface area contributed by atoms with Gasteiger partial charge in [0.1, 0.15) is 23.8 Å². The van der Waals surface area contributed by atoms with Gasteiger partial charge in [0.25, 0.3) is 0 Å². The average molecular weight is 516 g/mol. The Bertz CT molecular complexity index is 1220. The van der Waals surface area contributed by atoms with Crippen LogP contribution in [0.15, 0.2) is 35.5 Å². The van der Waals surface area contributed by atoms with Crippen molar-refractivity contribution in [3.8, 4) is 17.5 Å². The quantitative estimate of drug-likeness (QED) is 0.539. The number of carbonyl (C=O) groups excluding carboxylic acids is 1. The monoisotopic (exact) mass is 515 g/mol. The summed E-state index contributed by atoms with van der Waals surface area (Å²) in [5.41, 5.74) is 0.138. The number of hydrogen-bond acceptors (Lipinski definition) is 8. The first kappa shape index (κ1) is 24.8. The highest BCUT2D eigenvalue weighted by Gasteiger charge is 2.45. The first-order valence-corrected chi connectivity index (χ1v) is 14.1. The Hall–Kier alpha value is -2.88. The number of rotatable bonds is 6. The van der Waals surface area contributed by atoms with Crippen LogP contribution < -0.4 is 9.47 Å². The molecule has 5 rings (SSSR count). The van der Waals surface area contributed by atoms with E-state index in [0.29, 0.717) is 40.8 Å². The fraction of sp³-hybridized carbons (Fsp3) is 0.577. The van der Waals surface area contributed by atoms with Crippen molar-refractivity contribution in [1.82, 2.24) is 14.9 Å². The number of amides is 1. The van der Waals surface area contributed by atoms with Gasteiger partial charge < -0.3 is 19.1 Å². The topological polar surface area (TPSA) is 108 Å². The number of aromatic nitrogens is 2. The lowest BCUT2D eigenvalue weighted by Gasteiger charge is -2.39. The summed E-state index contributed by atoms with van der Waals surface area (Å²) in [6, 6.07) is 6.61. The highest BCUT2D eigenvalue weighted by atomic mass is 32.2. The number of sulfone groups is 1. The van der Waals surface area contributed by atoms with Crippen LogP contribution in [0, 0.1) is 6.92 Å². The molecule has 0 N–H and O–H groups in total. The molecule has 2 bridgehead atoms. The molecular formula is C26H33N3O6S. The van der Waals surface area contributed by atoms with Gasteiger partial charge in [0.05, 0.1) is 15.7 Å². The Labute approximate surface area is 212 Å². The maximum Gasteiger partial charge on any atom is 0.410 e. The van der Waals surface area contributed by atoms with Gasteiger partial charge in [0, 0.05) is 24.9 Å². The third-order valence-electron chi connectivity index (χ3n) is 6.89. The van der Waals surface area contributed by atoms with Crippen molar-refractivity contribution in [2.75, 3.05) is 0 Å². The summed E-state index contributed by atoms with van der Waals surface area (Å²) in [4.78, 5) is 23.5. The van der Waals surface area contributed by atoms with E-state index in [1.54, 1.807) is 24.3 Å². The minimum atomic E-state index is -3.24. The fourth-order valence-corrected chi connectivity index (χ4v) is 6.67. The van der Waals surface area contributed by atoms with Crippen LogP contribution in [-0.2, 0) is 14.6 Å². The molecule has 10 heteroatoms. The van der Waals surface area contributed by atoms with Gasteiger partial charge in [-0.2, -0.15) is 0 Å². The summed E-state index contributed by atoms with van der Waals surface area (Å²) in [5.74, 6) is 1.29. The van der Waals surface area contributed by atoms with Crippen LogP contribution in [0.25, 0.3) is 0 Å². The predicted octanol–water partition coefficient (Wildman–Crippen LogP) is 4.82. The van der Waals surface area contributed by atoms with E-state index in [4.69, 9.17) is 14.2 Å². The van der Waals surface area contributed by atoms with E-state index in [1.807, 2.05) is 32.6 Å². The number of carbonyl (C=O) groups is 1. The minimum Gasteiger partial charge on any atom is -0.474 e. The first-order valence-electron chi connectivity index (χ1n) is 12.5. The molecule has 1 aliphatic carbocycles. The lowest BCUT2D eigenvalue weighted by Crippen LogP contribution is -2.50. The number of hydrogen-bond donors (Lipinski definition) is 0. The highest BCUT2D eigenvalue weighted by Crippen LogP contribution is 2.39. The van der Waals surface area contributed by atoms with E-state index in [2.05, 4.69) is 9.97 Å². The second-order valence-electron chi connectivity index (χ2n) is 10.9. The largest absolute Gasteiger partial charge is 0.474 e. The fourth-order valence-electron chi connectivity index (χ4n) is 5.01. The zero-order valence-electron chi connectivity index (χ0n) is 21.1. The van der Waals surface area contributed by atoms with Gasteiger partial charge >= 0.3 is 6.09 Å². The van der Waals surface area contributed by atoms with Gasteiger partial charge in [-0.1, -0.05) is 0 Å². The summed E-state index contributed by atoms with van der Waals surface area (Å²) < 4.78 is 42.7. The number of benzene rings is 1. The second-order valence-corrected chi connectivity index (χ2v) is 13.1. The number of fused-ring (bicyclic) bond motifs is 2. The van der Waals surface area contributed by atoms with Crippen LogP contribution in [0.3, 0.4) is 0 Å². The summed E-state index contributed by atoms with van der Waals surface area (Å²) in [6.07, 6.45) is 5.83. The lowest BCUT2D eigenvalue weighted by molar-refractivity contribution is -0.00773. The van der Waals surface area contributed by atoms with Crippen molar-refractivity contribution in [1.29, 1.82) is 0 Å². The van der Waals surface area contributed by atoms with Gasteiger partial charge in [0.15, 0.2) is 9.84 Å². The Morgan fingerprint density at radius 2 is 1.58 bits per heavy atom. The van der Waals surface area contributed by atoms with Gasteiger partial charge in [-0.25, -0.2) is 23.2 Å². The zero-order chi connectivity index (χ0) is 25.7. The maximum atomic E-state index is 12.7. The van der Waals surface area contributed by atoms with Crippen LogP contribution in [-0.4, -0.2) is 58.4 Å². The first-order chi connectivity index (χ1) is 17.0. The average Bonchev–Trinajstić information content (AvgIpc) is 3.62. The summed E-state index contributed by atoms with van der Waals surface area (Å²) >= 11 is 0. The molecule has 3 atom stereocenters. The lowest BCUT2D eigenvalue weighted by atomic mass is 10.00. The van der Waals surface area contributed by atoms with Crippen molar-refractivity contribution < 1.29 is 27.4 Å². The molecule has 3 fully saturated rings. The standard InChI is InChI=1S/C26H33N3O6S/c1-16-23(33-19-7-9-21(10-8-19)36(31,32)22-11-12-22)27-15-28-24(16)34-20-13-17-5-6-18(14-20)29(17)25(30)35-26(2,3)4/h7-10,15,17-18,20,22H,5-6,11-14H2,1-4H3/t17-,18?,20+/m0/s1. The summed E-state index contributed by atoms with van der Waals surface area (Å²) in [7, 11) is -3.24. The SMILES string of the molecule is Cc1c(Oc2ccc(S(=O)(=O)C3CC3)cc2)ncnc1O[C@H]1CC2CC[C@@H](C1)N2C(=O)OC(C)(C)C. The van der Waals surface area contributed by atoms with Crippen molar-refractivity contribution in [2.45, 2.75) is 100 Å². The van der Waals surface area contributed by atoms with E-state index in [-0.39, 0.29) is 29.5 Å². The van der Waals surface area contributed by atoms with E-state index in [1.165, 1.54) is 6.33 Å². The van der Waals surface area contributed by atoms with Crippen molar-refractivity contribution in [2.24, 2.45) is 0 Å². The van der Waals surface area contributed by atoms with Crippen LogP contribution in [0.4, 0.5) is 4.79 Å². The molecule has 1 aromatic carbocycles. The van der Waals surface area contributed by atoms with Crippen molar-refractivity contribution in [3.05, 3.63) is 36.2 Å². The molecule has 2 saturated heterocycles. The third kappa shape index (κ3) is 5.14. The number of nitrogens with zero attached hydrogens (tertiary/aromatic N) is 3. The molecular weight excluding hydrogens is 482 g/mol. The molecule has 0 spiro atoms. The Balaban J connectivity index is 1.24. The van der Waals surface area contributed by atoms with Crippen molar-refractivity contribution in [3.63, 3.8) is 0 Å². The molecule has 2 aromatic rings. The van der Waals surface area contributed by atoms with E-state index in [9.17, 15) is 13.2 Å². The van der Waals surface area contributed by atoms with Crippen LogP contribution >= 0.6 is 0 Å². The highest BCUT2D eigenvalue weighted by molar-refractivity contribution is 7.92. The third-order valence-corrected chi connectivity index (χ3v) is 9.17. The summed E-state index contributed by atoms with van der Waals surface area (Å²) in [5, 5.41) is -0.251. The van der Waals surface area contributed by atoms with E-state index >= 15 is 0 Å². The summed E-state index contributed by atoms with van der Waals surface area (Å²) in [6.45, 7) is 7.47. The van der Waals surface area contributed by atoms with Crippen LogP contribution in [0.2, 0.25) is 0 Å². The molecule has 3 aliphatic rings. The minimum absolute atomic E-state index is 0.0745. The Morgan fingerprint density at radius 3 is 2.17 bits per heavy atom. The van der Waals surface area contributed by atoms with Gasteiger partial charge in [-0.15, -0.1) is 0 Å². The smallest absolute Gasteiger partial charge is 0.410 e. The molecule has 1 unspecified atom stereocenters. The second kappa shape index (κ2) is 9.21. The van der Waals surface area contributed by atoms with Crippen LogP contribution in [0.5, 0.6) is 17.5 Å². The molecule has 9 nitrogen and oxygen atoms in total. The molecule has 194 valence electrons. The number of piperidine rings is 1.